The number of Topliss-reactive ketones (excluding diaryl/α,β-unsaturated/α-hetero) is 1. The van der Waals surface area contributed by atoms with E-state index in [0.717, 1.165) is 0 Å². The van der Waals surface area contributed by atoms with E-state index in [1.165, 1.54) is 13.2 Å². The summed E-state index contributed by atoms with van der Waals surface area (Å²) in [6.07, 6.45) is 0. The highest BCUT2D eigenvalue weighted by Crippen LogP contribution is 2.28. The molecular formula is C27H22O7. The van der Waals surface area contributed by atoms with Gasteiger partial charge in [-0.1, -0.05) is 42.5 Å². The first-order chi connectivity index (χ1) is 16.5. The van der Waals surface area contributed by atoms with Crippen molar-refractivity contribution in [2.24, 2.45) is 0 Å². The predicted molar refractivity (Wildman–Crippen MR) is 127 cm³/mol. The van der Waals surface area contributed by atoms with E-state index in [4.69, 9.17) is 18.6 Å². The van der Waals surface area contributed by atoms with Crippen LogP contribution < -0.4 is 14.9 Å². The molecule has 1 heterocycles. The van der Waals surface area contributed by atoms with E-state index in [0.29, 0.717) is 22.6 Å². The number of benzene rings is 3. The number of methoxy groups -OCH3 is 1. The van der Waals surface area contributed by atoms with Crippen LogP contribution in [0.15, 0.2) is 82.0 Å². The van der Waals surface area contributed by atoms with Crippen molar-refractivity contribution in [3.63, 3.8) is 0 Å². The largest absolute Gasteiger partial charge is 0.497 e. The molecule has 1 aromatic heterocycles. The summed E-state index contributed by atoms with van der Waals surface area (Å²) in [5.41, 5.74) is 0.884. The quantitative estimate of drug-likeness (QED) is 0.274. The van der Waals surface area contributed by atoms with Crippen LogP contribution in [0.5, 0.6) is 11.5 Å². The van der Waals surface area contributed by atoms with Gasteiger partial charge in [0.15, 0.2) is 12.4 Å². The Morgan fingerprint density at radius 1 is 0.912 bits per heavy atom. The average molecular weight is 458 g/mol. The highest BCUT2D eigenvalue weighted by molar-refractivity contribution is 5.98. The molecule has 7 nitrogen and oxygen atoms in total. The second kappa shape index (κ2) is 10.0. The van der Waals surface area contributed by atoms with Crippen LogP contribution in [0, 0.1) is 0 Å². The molecule has 4 rings (SSSR count). The van der Waals surface area contributed by atoms with Crippen LogP contribution in [-0.4, -0.2) is 32.1 Å². The van der Waals surface area contributed by atoms with Gasteiger partial charge in [-0.25, -0.2) is 4.79 Å². The minimum atomic E-state index is -0.752. The molecule has 0 atom stereocenters. The fraction of sp³-hybridized carbons (Fsp3) is 0.148. The predicted octanol–water partition coefficient (Wildman–Crippen LogP) is 4.91. The number of ketones is 1. The molecule has 3 aromatic carbocycles. The minimum absolute atomic E-state index is 0.0986. The number of hydrogen-bond donors (Lipinski definition) is 0. The van der Waals surface area contributed by atoms with Gasteiger partial charge in [-0.15, -0.1) is 0 Å². The lowest BCUT2D eigenvalue weighted by atomic mass is 10.0. The third-order valence-corrected chi connectivity index (χ3v) is 5.17. The summed E-state index contributed by atoms with van der Waals surface area (Å²) < 4.78 is 21.8. The lowest BCUT2D eigenvalue weighted by Crippen LogP contribution is -2.15. The molecule has 0 aliphatic rings. The Hall–Kier alpha value is -4.39. The van der Waals surface area contributed by atoms with Gasteiger partial charge >= 0.3 is 5.97 Å². The molecule has 0 radical (unpaired) electrons. The van der Waals surface area contributed by atoms with E-state index in [1.807, 2.05) is 6.07 Å². The molecule has 7 heteroatoms. The first-order valence-electron chi connectivity index (χ1n) is 10.6. The summed E-state index contributed by atoms with van der Waals surface area (Å²) in [5.74, 6) is -0.213. The minimum Gasteiger partial charge on any atom is -0.497 e. The molecule has 0 bridgehead atoms. The van der Waals surface area contributed by atoms with Gasteiger partial charge in [0.1, 0.15) is 17.1 Å². The average Bonchev–Trinajstić information content (AvgIpc) is 2.87. The maximum Gasteiger partial charge on any atom is 0.375 e. The summed E-state index contributed by atoms with van der Waals surface area (Å²) in [6.45, 7) is 1.60. The number of esters is 1. The zero-order valence-electron chi connectivity index (χ0n) is 18.7. The van der Waals surface area contributed by atoms with Crippen LogP contribution in [0.4, 0.5) is 0 Å². The van der Waals surface area contributed by atoms with Gasteiger partial charge in [-0.05, 0) is 36.8 Å². The SMILES string of the molecule is CCOC(=O)c1oc2cc(OCC(=O)c3ccccc3)ccc2c(=O)c1-c1ccc(OC)cc1. The van der Waals surface area contributed by atoms with Gasteiger partial charge in [0, 0.05) is 11.6 Å². The standard InChI is InChI=1S/C27H22O7/c1-3-32-27(30)26-24(18-9-11-19(31-2)12-10-18)25(29)21-14-13-20(15-23(21)34-26)33-16-22(28)17-7-5-4-6-8-17/h4-15H,3,16H2,1-2H3. The van der Waals surface area contributed by atoms with Crippen molar-refractivity contribution >= 4 is 22.7 Å². The first kappa shape index (κ1) is 22.8. The third-order valence-electron chi connectivity index (χ3n) is 5.17. The van der Waals surface area contributed by atoms with Gasteiger partial charge in [0.05, 0.1) is 24.7 Å². The van der Waals surface area contributed by atoms with Gasteiger partial charge < -0.3 is 18.6 Å². The van der Waals surface area contributed by atoms with Crippen LogP contribution in [0.3, 0.4) is 0 Å². The second-order valence-electron chi connectivity index (χ2n) is 7.32. The molecule has 0 unspecified atom stereocenters. The van der Waals surface area contributed by atoms with Crippen molar-refractivity contribution in [2.45, 2.75) is 6.92 Å². The number of rotatable bonds is 8. The second-order valence-corrected chi connectivity index (χ2v) is 7.32. The van der Waals surface area contributed by atoms with Crippen LogP contribution >= 0.6 is 0 Å². The Morgan fingerprint density at radius 3 is 2.29 bits per heavy atom. The maximum absolute atomic E-state index is 13.4. The van der Waals surface area contributed by atoms with Gasteiger partial charge in [-0.2, -0.15) is 0 Å². The maximum atomic E-state index is 13.4. The highest BCUT2D eigenvalue weighted by atomic mass is 16.5. The molecular weight excluding hydrogens is 436 g/mol. The van der Waals surface area contributed by atoms with Crippen molar-refractivity contribution in [3.05, 3.63) is 94.3 Å². The highest BCUT2D eigenvalue weighted by Gasteiger charge is 2.23. The molecule has 0 amide bonds. The van der Waals surface area contributed by atoms with Crippen molar-refractivity contribution in [1.82, 2.24) is 0 Å². The van der Waals surface area contributed by atoms with Crippen LogP contribution in [0.25, 0.3) is 22.1 Å². The van der Waals surface area contributed by atoms with Gasteiger partial charge in [-0.3, -0.25) is 9.59 Å². The molecule has 0 aliphatic heterocycles. The number of fused-ring (bicyclic) bond motifs is 1. The Morgan fingerprint density at radius 2 is 1.62 bits per heavy atom. The van der Waals surface area contributed by atoms with E-state index in [9.17, 15) is 14.4 Å². The number of carbonyl (C=O) groups is 2. The lowest BCUT2D eigenvalue weighted by molar-refractivity contribution is 0.0492. The zero-order valence-corrected chi connectivity index (χ0v) is 18.7. The van der Waals surface area contributed by atoms with Crippen LogP contribution in [0.2, 0.25) is 0 Å². The van der Waals surface area contributed by atoms with Crippen LogP contribution in [-0.2, 0) is 4.74 Å². The zero-order chi connectivity index (χ0) is 24.1. The van der Waals surface area contributed by atoms with E-state index < -0.39 is 5.97 Å². The molecule has 0 saturated carbocycles. The summed E-state index contributed by atoms with van der Waals surface area (Å²) in [6, 6.07) is 20.1. The number of ether oxygens (including phenoxy) is 3. The van der Waals surface area contributed by atoms with E-state index in [-0.39, 0.29) is 46.7 Å². The first-order valence-corrected chi connectivity index (χ1v) is 10.6. The number of carbonyl (C=O) groups excluding carboxylic acids is 2. The molecule has 172 valence electrons. The van der Waals surface area contributed by atoms with Crippen molar-refractivity contribution in [3.8, 4) is 22.6 Å². The van der Waals surface area contributed by atoms with E-state index in [1.54, 1.807) is 67.6 Å². The molecule has 34 heavy (non-hydrogen) atoms. The fourth-order valence-corrected chi connectivity index (χ4v) is 3.48. The third kappa shape index (κ3) is 4.68. The Balaban J connectivity index is 1.73. The summed E-state index contributed by atoms with van der Waals surface area (Å²) in [5, 5.41) is 0.264. The summed E-state index contributed by atoms with van der Waals surface area (Å²) in [7, 11) is 1.54. The molecule has 0 fully saturated rings. The normalized spacial score (nSPS) is 10.6. The van der Waals surface area contributed by atoms with Crippen molar-refractivity contribution in [1.29, 1.82) is 0 Å². The van der Waals surface area contributed by atoms with Crippen molar-refractivity contribution < 1.29 is 28.2 Å². The fourth-order valence-electron chi connectivity index (χ4n) is 3.48. The topological polar surface area (TPSA) is 92.0 Å². The Kier molecular flexibility index (Phi) is 6.73. The van der Waals surface area contributed by atoms with Gasteiger partial charge in [0.2, 0.25) is 11.2 Å². The lowest BCUT2D eigenvalue weighted by Gasteiger charge is -2.11. The summed E-state index contributed by atoms with van der Waals surface area (Å²) in [4.78, 5) is 38.4. The molecule has 0 aliphatic carbocycles. The molecule has 4 aromatic rings. The Labute approximate surface area is 195 Å². The van der Waals surface area contributed by atoms with Crippen molar-refractivity contribution in [2.75, 3.05) is 20.3 Å². The Bertz CT molecular complexity index is 1390. The molecule has 0 N–H and O–H groups in total. The van der Waals surface area contributed by atoms with E-state index >= 15 is 0 Å². The van der Waals surface area contributed by atoms with Crippen LogP contribution in [0.1, 0.15) is 27.8 Å². The smallest absolute Gasteiger partial charge is 0.375 e. The van der Waals surface area contributed by atoms with E-state index in [2.05, 4.69) is 0 Å². The van der Waals surface area contributed by atoms with Gasteiger partial charge in [0.25, 0.3) is 0 Å². The molecule has 0 spiro atoms. The monoisotopic (exact) mass is 458 g/mol. The number of hydrogen-bond acceptors (Lipinski definition) is 7. The molecule has 0 saturated heterocycles. The summed E-state index contributed by atoms with van der Waals surface area (Å²) >= 11 is 0.